The molecule has 9 nitrogen and oxygen atoms in total. The molecule has 0 aliphatic heterocycles. The smallest absolute Gasteiger partial charge is 0.267 e. The zero-order chi connectivity index (χ0) is 17.7. The lowest BCUT2D eigenvalue weighted by Crippen LogP contribution is -2.17. The van der Waals surface area contributed by atoms with Crippen LogP contribution in [0.5, 0.6) is 0 Å². The van der Waals surface area contributed by atoms with E-state index in [9.17, 15) is 25.0 Å². The Kier molecular flexibility index (Phi) is 5.17. The first kappa shape index (κ1) is 17.0. The molecule has 2 aromatic carbocycles. The summed E-state index contributed by atoms with van der Waals surface area (Å²) in [4.78, 5) is 32.3. The van der Waals surface area contributed by atoms with Crippen molar-refractivity contribution in [2.75, 3.05) is 0 Å². The Hall–Kier alpha value is -3.33. The maximum absolute atomic E-state index is 11.9. The van der Waals surface area contributed by atoms with E-state index in [1.165, 1.54) is 30.3 Å². The first-order chi connectivity index (χ1) is 11.4. The number of halogens is 1. The van der Waals surface area contributed by atoms with Gasteiger partial charge in [-0.25, -0.2) is 5.43 Å². The van der Waals surface area contributed by atoms with Crippen molar-refractivity contribution in [2.45, 2.75) is 0 Å². The van der Waals surface area contributed by atoms with E-state index in [1.807, 2.05) is 0 Å². The number of rotatable bonds is 5. The first-order valence-corrected chi connectivity index (χ1v) is 6.78. The Labute approximate surface area is 139 Å². The van der Waals surface area contributed by atoms with Gasteiger partial charge >= 0.3 is 0 Å². The van der Waals surface area contributed by atoms with Crippen LogP contribution in [0.1, 0.15) is 15.9 Å². The SMILES string of the molecule is O=C(N/N=C\c1ccccc1[N+](=O)[O-])c1ccc(Cl)c([N+](=O)[O-])c1. The number of nitrogens with one attached hydrogen (secondary N) is 1. The Morgan fingerprint density at radius 1 is 1.08 bits per heavy atom. The minimum absolute atomic E-state index is 0.0224. The van der Waals surface area contributed by atoms with Crippen LogP contribution in [0.25, 0.3) is 0 Å². The fourth-order valence-electron chi connectivity index (χ4n) is 1.78. The monoisotopic (exact) mass is 348 g/mol. The Morgan fingerprint density at radius 3 is 2.42 bits per heavy atom. The molecular formula is C14H9ClN4O5. The van der Waals surface area contributed by atoms with Gasteiger partial charge in [0.25, 0.3) is 17.3 Å². The number of hydrogen-bond acceptors (Lipinski definition) is 6. The van der Waals surface area contributed by atoms with Gasteiger partial charge in [0.1, 0.15) is 5.02 Å². The molecule has 0 aliphatic carbocycles. The second-order valence-corrected chi connectivity index (χ2v) is 4.85. The van der Waals surface area contributed by atoms with Gasteiger partial charge in [0.05, 0.1) is 21.6 Å². The Balaban J connectivity index is 2.15. The molecule has 122 valence electrons. The van der Waals surface area contributed by atoms with Crippen LogP contribution in [-0.2, 0) is 0 Å². The molecule has 1 N–H and O–H groups in total. The number of nitrogens with zero attached hydrogens (tertiary/aromatic N) is 3. The van der Waals surface area contributed by atoms with E-state index in [0.717, 1.165) is 12.3 Å². The average molecular weight is 349 g/mol. The van der Waals surface area contributed by atoms with Gasteiger partial charge in [0.15, 0.2) is 0 Å². The molecule has 0 unspecified atom stereocenters. The fourth-order valence-corrected chi connectivity index (χ4v) is 1.97. The molecule has 0 aromatic heterocycles. The van der Waals surface area contributed by atoms with Crippen LogP contribution in [-0.4, -0.2) is 22.0 Å². The summed E-state index contributed by atoms with van der Waals surface area (Å²) in [5.74, 6) is -0.718. The van der Waals surface area contributed by atoms with Gasteiger partial charge in [0, 0.05) is 17.7 Å². The second kappa shape index (κ2) is 7.29. The summed E-state index contributed by atoms with van der Waals surface area (Å²) in [6.45, 7) is 0. The summed E-state index contributed by atoms with van der Waals surface area (Å²) in [6, 6.07) is 9.37. The predicted octanol–water partition coefficient (Wildman–Crippen LogP) is 2.92. The van der Waals surface area contributed by atoms with Gasteiger partial charge in [-0.15, -0.1) is 0 Å². The van der Waals surface area contributed by atoms with Crippen molar-refractivity contribution in [3.05, 3.63) is 78.8 Å². The van der Waals surface area contributed by atoms with Gasteiger partial charge in [0.2, 0.25) is 0 Å². The first-order valence-electron chi connectivity index (χ1n) is 6.41. The van der Waals surface area contributed by atoms with Crippen LogP contribution in [0.4, 0.5) is 11.4 Å². The van der Waals surface area contributed by atoms with Crippen LogP contribution >= 0.6 is 11.6 Å². The molecule has 0 saturated carbocycles. The molecule has 24 heavy (non-hydrogen) atoms. The lowest BCUT2D eigenvalue weighted by molar-refractivity contribution is -0.385. The van der Waals surface area contributed by atoms with Crippen LogP contribution in [0.3, 0.4) is 0 Å². The van der Waals surface area contributed by atoms with Crippen LogP contribution in [0.2, 0.25) is 5.02 Å². The van der Waals surface area contributed by atoms with Gasteiger partial charge in [-0.05, 0) is 18.2 Å². The number of hydrogen-bond donors (Lipinski definition) is 1. The Bertz CT molecular complexity index is 853. The summed E-state index contributed by atoms with van der Waals surface area (Å²) in [5, 5.41) is 25.2. The molecule has 1 amide bonds. The summed E-state index contributed by atoms with van der Waals surface area (Å²) in [7, 11) is 0. The summed E-state index contributed by atoms with van der Waals surface area (Å²) in [5.41, 5.74) is 1.74. The molecule has 0 atom stereocenters. The molecule has 2 aromatic rings. The number of para-hydroxylation sites is 1. The van der Waals surface area contributed by atoms with Crippen LogP contribution < -0.4 is 5.43 Å². The third-order valence-electron chi connectivity index (χ3n) is 2.91. The molecular weight excluding hydrogens is 340 g/mol. The number of amides is 1. The fraction of sp³-hybridized carbons (Fsp3) is 0. The number of carbonyl (C=O) groups is 1. The number of benzene rings is 2. The highest BCUT2D eigenvalue weighted by atomic mass is 35.5. The second-order valence-electron chi connectivity index (χ2n) is 4.44. The summed E-state index contributed by atoms with van der Waals surface area (Å²) < 4.78 is 0. The van der Waals surface area contributed by atoms with Gasteiger partial charge in [-0.2, -0.15) is 5.10 Å². The van der Waals surface area contributed by atoms with E-state index in [-0.39, 0.29) is 21.8 Å². The molecule has 2 rings (SSSR count). The van der Waals surface area contributed by atoms with Crippen molar-refractivity contribution in [1.29, 1.82) is 0 Å². The highest BCUT2D eigenvalue weighted by molar-refractivity contribution is 6.32. The predicted molar refractivity (Wildman–Crippen MR) is 86.3 cm³/mol. The van der Waals surface area contributed by atoms with E-state index in [0.29, 0.717) is 0 Å². The normalized spacial score (nSPS) is 10.5. The molecule has 0 radical (unpaired) electrons. The van der Waals surface area contributed by atoms with Gasteiger partial charge in [-0.1, -0.05) is 23.7 Å². The van der Waals surface area contributed by atoms with Crippen molar-refractivity contribution in [2.24, 2.45) is 5.10 Å². The quantitative estimate of drug-likeness (QED) is 0.504. The minimum atomic E-state index is -0.718. The third kappa shape index (κ3) is 3.90. The molecule has 0 spiro atoms. The van der Waals surface area contributed by atoms with Crippen LogP contribution in [0.15, 0.2) is 47.6 Å². The maximum atomic E-state index is 11.9. The van der Waals surface area contributed by atoms with E-state index < -0.39 is 21.4 Å². The maximum Gasteiger partial charge on any atom is 0.288 e. The lowest BCUT2D eigenvalue weighted by Gasteiger charge is -2.01. The van der Waals surface area contributed by atoms with E-state index in [2.05, 4.69) is 10.5 Å². The minimum Gasteiger partial charge on any atom is -0.267 e. The highest BCUT2D eigenvalue weighted by Gasteiger charge is 2.16. The van der Waals surface area contributed by atoms with Gasteiger partial charge < -0.3 is 0 Å². The number of nitro groups is 2. The number of carbonyl (C=O) groups excluding carboxylic acids is 1. The van der Waals surface area contributed by atoms with Gasteiger partial charge in [-0.3, -0.25) is 25.0 Å². The molecule has 0 fully saturated rings. The van der Waals surface area contributed by atoms with Crippen molar-refractivity contribution >= 4 is 35.1 Å². The lowest BCUT2D eigenvalue weighted by atomic mass is 10.2. The highest BCUT2D eigenvalue weighted by Crippen LogP contribution is 2.25. The molecule has 0 saturated heterocycles. The van der Waals surface area contributed by atoms with Crippen LogP contribution in [0, 0.1) is 20.2 Å². The average Bonchev–Trinajstić information content (AvgIpc) is 2.55. The summed E-state index contributed by atoms with van der Waals surface area (Å²) >= 11 is 5.66. The number of nitro benzene ring substituents is 2. The standard InChI is InChI=1S/C14H9ClN4O5/c15-11-6-5-9(7-13(11)19(23)24)14(20)17-16-8-10-3-1-2-4-12(10)18(21)22/h1-8H,(H,17,20)/b16-8-. The Morgan fingerprint density at radius 2 is 1.75 bits per heavy atom. The largest absolute Gasteiger partial charge is 0.288 e. The molecule has 0 bridgehead atoms. The van der Waals surface area contributed by atoms with Crippen molar-refractivity contribution in [1.82, 2.24) is 5.43 Å². The number of hydrazone groups is 1. The molecule has 0 aliphatic rings. The summed E-state index contributed by atoms with van der Waals surface area (Å²) in [6.07, 6.45) is 1.11. The van der Waals surface area contributed by atoms with E-state index >= 15 is 0 Å². The third-order valence-corrected chi connectivity index (χ3v) is 3.23. The van der Waals surface area contributed by atoms with Crippen molar-refractivity contribution in [3.8, 4) is 0 Å². The molecule has 0 heterocycles. The van der Waals surface area contributed by atoms with Crippen molar-refractivity contribution in [3.63, 3.8) is 0 Å². The van der Waals surface area contributed by atoms with Crippen molar-refractivity contribution < 1.29 is 14.6 Å². The van der Waals surface area contributed by atoms with E-state index in [1.54, 1.807) is 6.07 Å². The van der Waals surface area contributed by atoms with E-state index in [4.69, 9.17) is 11.6 Å². The zero-order valence-corrected chi connectivity index (χ0v) is 12.6. The molecule has 10 heteroatoms. The topological polar surface area (TPSA) is 128 Å². The zero-order valence-electron chi connectivity index (χ0n) is 11.9.